The van der Waals surface area contributed by atoms with Gasteiger partial charge in [-0.05, 0) is 135 Å². The van der Waals surface area contributed by atoms with E-state index in [0.717, 1.165) is 72.9 Å². The largest absolute Gasteiger partial charge is 0.494 e. The number of unbranched alkanes of at least 4 members (excludes halogenated alkanes) is 20. The molecular weight excluding hydrogens is 917 g/mol. The molecule has 0 saturated carbocycles. The van der Waals surface area contributed by atoms with Crippen LogP contribution in [0.5, 0.6) is 23.0 Å². The maximum atomic E-state index is 13.0. The highest BCUT2D eigenvalue weighted by atomic mass is 16.5. The van der Waals surface area contributed by atoms with Gasteiger partial charge in [0.2, 0.25) is 0 Å². The van der Waals surface area contributed by atoms with Gasteiger partial charge in [0, 0.05) is 18.5 Å². The Balaban J connectivity index is 0.922. The number of carbonyl (C=O) groups is 2. The number of allylic oxidation sites excluding steroid dienone is 6. The van der Waals surface area contributed by atoms with Gasteiger partial charge in [0.15, 0.2) is 0 Å². The van der Waals surface area contributed by atoms with Crippen LogP contribution < -0.4 is 18.9 Å². The summed E-state index contributed by atoms with van der Waals surface area (Å²) in [5.41, 5.74) is 4.03. The summed E-state index contributed by atoms with van der Waals surface area (Å²) in [5.74, 6) is 1.12. The molecule has 0 spiro atoms. The first-order valence-electron chi connectivity index (χ1n) is 27.3. The molecule has 0 N–H and O–H groups in total. The Morgan fingerprint density at radius 3 is 1.08 bits per heavy atom. The fourth-order valence-corrected chi connectivity index (χ4v) is 8.22. The molecule has 5 aromatic carbocycles. The SMILES string of the molecule is C=C/C=C/CCCCCCCCCCCCOc1ccc(N=Cc2ccc(C(=O)Oc3cccc(OC(=O)c4ccc(C=Nc5ccc(OCCCCCCCCCCCC/C=C/C=C)cc5)cc4)c3)cc2)cc1. The van der Waals surface area contributed by atoms with E-state index >= 15 is 0 Å². The molecule has 0 aliphatic rings. The Labute approximate surface area is 443 Å². The molecular formula is C66H80N2O6. The average Bonchev–Trinajstić information content (AvgIpc) is 3.43. The Hall–Kier alpha value is -7.06. The van der Waals surface area contributed by atoms with Gasteiger partial charge in [-0.15, -0.1) is 0 Å². The van der Waals surface area contributed by atoms with E-state index in [0.29, 0.717) is 11.1 Å². The highest BCUT2D eigenvalue weighted by Crippen LogP contribution is 2.24. The van der Waals surface area contributed by atoms with Gasteiger partial charge in [-0.3, -0.25) is 9.98 Å². The van der Waals surface area contributed by atoms with E-state index in [2.05, 4.69) is 35.3 Å². The topological polar surface area (TPSA) is 95.8 Å². The number of hydrogen-bond donors (Lipinski definition) is 0. The molecule has 0 amide bonds. The van der Waals surface area contributed by atoms with Crippen LogP contribution >= 0.6 is 0 Å². The van der Waals surface area contributed by atoms with Gasteiger partial charge in [-0.25, -0.2) is 9.59 Å². The van der Waals surface area contributed by atoms with Crippen molar-refractivity contribution in [1.82, 2.24) is 0 Å². The second-order valence-corrected chi connectivity index (χ2v) is 18.7. The normalized spacial score (nSPS) is 11.5. The summed E-state index contributed by atoms with van der Waals surface area (Å²) in [7, 11) is 0. The molecule has 0 bridgehead atoms. The van der Waals surface area contributed by atoms with Crippen molar-refractivity contribution in [1.29, 1.82) is 0 Å². The first kappa shape index (κ1) is 57.8. The van der Waals surface area contributed by atoms with E-state index < -0.39 is 11.9 Å². The second kappa shape index (κ2) is 36.8. The van der Waals surface area contributed by atoms with Gasteiger partial charge in [0.05, 0.1) is 35.7 Å². The van der Waals surface area contributed by atoms with Crippen molar-refractivity contribution in [2.75, 3.05) is 13.2 Å². The standard InChI is InChI=1S/C66H80N2O6/c1-3-5-7-9-11-13-15-17-19-21-23-25-27-29-50-71-61-46-42-59(43-47-61)67-53-55-34-38-57(39-35-55)65(69)73-63-32-31-33-64(52-63)74-66(70)58-40-36-56(37-41-58)54-68-60-44-48-62(49-45-60)72-51-30-28-26-24-22-20-18-16-14-12-10-8-6-4-2/h3-8,31-49,52-54H,1-2,9-30,50-51H2/b7-5+,8-6+,67-53?,68-54?. The van der Waals surface area contributed by atoms with Gasteiger partial charge in [0.1, 0.15) is 23.0 Å². The lowest BCUT2D eigenvalue weighted by Crippen LogP contribution is -2.10. The van der Waals surface area contributed by atoms with Crippen molar-refractivity contribution < 1.29 is 28.5 Å². The average molecular weight is 997 g/mol. The minimum atomic E-state index is -0.535. The lowest BCUT2D eigenvalue weighted by molar-refractivity contribution is 0.0732. The van der Waals surface area contributed by atoms with Crippen LogP contribution in [0.2, 0.25) is 0 Å². The maximum Gasteiger partial charge on any atom is 0.343 e. The Bertz CT molecular complexity index is 2300. The van der Waals surface area contributed by atoms with Crippen LogP contribution in [-0.4, -0.2) is 37.6 Å². The number of esters is 2. The number of nitrogens with zero attached hydrogens (tertiary/aromatic N) is 2. The van der Waals surface area contributed by atoms with Crippen LogP contribution in [0.1, 0.15) is 173 Å². The Morgan fingerprint density at radius 2 is 0.730 bits per heavy atom. The zero-order valence-electron chi connectivity index (χ0n) is 43.9. The smallest absolute Gasteiger partial charge is 0.343 e. The summed E-state index contributed by atoms with van der Waals surface area (Å²) in [4.78, 5) is 35.2. The molecule has 8 nitrogen and oxygen atoms in total. The number of benzene rings is 5. The summed E-state index contributed by atoms with van der Waals surface area (Å²) < 4.78 is 23.2. The minimum absolute atomic E-state index is 0.253. The zero-order valence-corrected chi connectivity index (χ0v) is 43.9. The molecule has 5 aromatic rings. The third kappa shape index (κ3) is 25.1. The fourth-order valence-electron chi connectivity index (χ4n) is 8.22. The van der Waals surface area contributed by atoms with Crippen molar-refractivity contribution in [3.63, 3.8) is 0 Å². The van der Waals surface area contributed by atoms with Crippen LogP contribution in [0.15, 0.2) is 181 Å². The summed E-state index contributed by atoms with van der Waals surface area (Å²) in [6.45, 7) is 8.86. The van der Waals surface area contributed by atoms with Crippen LogP contribution in [-0.2, 0) is 0 Å². The van der Waals surface area contributed by atoms with Gasteiger partial charge < -0.3 is 18.9 Å². The molecule has 0 atom stereocenters. The number of rotatable bonds is 38. The molecule has 390 valence electrons. The molecule has 0 aliphatic carbocycles. The fraction of sp³-hybridized carbons (Fsp3) is 0.364. The van der Waals surface area contributed by atoms with Crippen LogP contribution in [0, 0.1) is 0 Å². The highest BCUT2D eigenvalue weighted by molar-refractivity contribution is 5.93. The lowest BCUT2D eigenvalue weighted by Gasteiger charge is -2.08. The maximum absolute atomic E-state index is 13.0. The van der Waals surface area contributed by atoms with E-state index in [1.807, 2.05) is 97.1 Å². The summed E-state index contributed by atoms with van der Waals surface area (Å²) in [5, 5.41) is 0. The molecule has 8 heteroatoms. The molecule has 0 aromatic heterocycles. The van der Waals surface area contributed by atoms with E-state index in [4.69, 9.17) is 18.9 Å². The van der Waals surface area contributed by atoms with Crippen molar-refractivity contribution in [2.24, 2.45) is 9.98 Å². The van der Waals surface area contributed by atoms with Crippen LogP contribution in [0.4, 0.5) is 11.4 Å². The number of ether oxygens (including phenoxy) is 4. The van der Waals surface area contributed by atoms with Crippen molar-refractivity contribution in [3.05, 3.63) is 193 Å². The number of hydrogen-bond acceptors (Lipinski definition) is 8. The molecule has 0 heterocycles. The second-order valence-electron chi connectivity index (χ2n) is 18.7. The van der Waals surface area contributed by atoms with Crippen molar-refractivity contribution >= 4 is 35.7 Å². The molecule has 5 rings (SSSR count). The number of carbonyl (C=O) groups excluding carboxylic acids is 2. The zero-order chi connectivity index (χ0) is 51.9. The van der Waals surface area contributed by atoms with Gasteiger partial charge in [-0.1, -0.05) is 183 Å². The molecule has 74 heavy (non-hydrogen) atoms. The van der Waals surface area contributed by atoms with E-state index in [1.54, 1.807) is 54.9 Å². The van der Waals surface area contributed by atoms with Gasteiger partial charge in [-0.2, -0.15) is 0 Å². The van der Waals surface area contributed by atoms with E-state index in [-0.39, 0.29) is 11.5 Å². The minimum Gasteiger partial charge on any atom is -0.494 e. The summed E-state index contributed by atoms with van der Waals surface area (Å²) >= 11 is 0. The third-order valence-corrected chi connectivity index (χ3v) is 12.5. The quantitative estimate of drug-likeness (QED) is 0.0128. The van der Waals surface area contributed by atoms with E-state index in [1.165, 1.54) is 122 Å². The van der Waals surface area contributed by atoms with Crippen molar-refractivity contribution in [2.45, 2.75) is 141 Å². The summed E-state index contributed by atoms with van der Waals surface area (Å²) in [6.07, 6.45) is 43.6. The van der Waals surface area contributed by atoms with Crippen LogP contribution in [0.25, 0.3) is 0 Å². The lowest BCUT2D eigenvalue weighted by atomic mass is 10.1. The Morgan fingerprint density at radius 1 is 0.392 bits per heavy atom. The molecule has 0 fully saturated rings. The molecule has 0 unspecified atom stereocenters. The molecule has 0 saturated heterocycles. The third-order valence-electron chi connectivity index (χ3n) is 12.5. The first-order chi connectivity index (χ1) is 36.5. The highest BCUT2D eigenvalue weighted by Gasteiger charge is 2.13. The van der Waals surface area contributed by atoms with Gasteiger partial charge >= 0.3 is 11.9 Å². The first-order valence-corrected chi connectivity index (χ1v) is 27.3. The predicted octanol–water partition coefficient (Wildman–Crippen LogP) is 18.5. The number of aliphatic imine (C=N–C) groups is 2. The van der Waals surface area contributed by atoms with E-state index in [9.17, 15) is 9.59 Å². The van der Waals surface area contributed by atoms with Gasteiger partial charge in [0.25, 0.3) is 0 Å². The predicted molar refractivity (Wildman–Crippen MR) is 308 cm³/mol. The summed E-state index contributed by atoms with van der Waals surface area (Å²) in [6, 6.07) is 36.0. The monoisotopic (exact) mass is 997 g/mol. The molecule has 0 radical (unpaired) electrons. The van der Waals surface area contributed by atoms with Crippen LogP contribution in [0.3, 0.4) is 0 Å². The molecule has 0 aliphatic heterocycles. The Kier molecular flexibility index (Phi) is 28.8. The van der Waals surface area contributed by atoms with Crippen molar-refractivity contribution in [3.8, 4) is 23.0 Å².